The maximum atomic E-state index is 13.0. The standard InChI is InChI=1S/C23H24N4O2/c1-26(2)22-19-15-27(23(28)17-9-11-18(29-3)12-10-17)14-13-20(19)24-21(25-22)16-7-5-4-6-8-16/h4-12H,13-15H2,1-3H3. The number of hydrogen-bond acceptors (Lipinski definition) is 5. The fourth-order valence-electron chi connectivity index (χ4n) is 3.57. The van der Waals surface area contributed by atoms with Crippen molar-refractivity contribution in [1.29, 1.82) is 0 Å². The maximum absolute atomic E-state index is 13.0. The summed E-state index contributed by atoms with van der Waals surface area (Å²) in [4.78, 5) is 26.5. The second kappa shape index (κ2) is 7.91. The molecule has 0 spiro atoms. The van der Waals surface area contributed by atoms with E-state index in [1.807, 2.05) is 66.4 Å². The summed E-state index contributed by atoms with van der Waals surface area (Å²) in [6.45, 7) is 1.14. The summed E-state index contributed by atoms with van der Waals surface area (Å²) >= 11 is 0. The Morgan fingerprint density at radius 3 is 2.41 bits per heavy atom. The molecular weight excluding hydrogens is 364 g/mol. The van der Waals surface area contributed by atoms with Crippen LogP contribution in [-0.4, -0.2) is 48.5 Å². The number of rotatable bonds is 4. The van der Waals surface area contributed by atoms with Crippen molar-refractivity contribution < 1.29 is 9.53 Å². The number of hydrogen-bond donors (Lipinski definition) is 0. The quantitative estimate of drug-likeness (QED) is 0.685. The number of amides is 1. The predicted octanol–water partition coefficient (Wildman–Crippen LogP) is 3.42. The van der Waals surface area contributed by atoms with Gasteiger partial charge in [-0.05, 0) is 24.3 Å². The number of methoxy groups -OCH3 is 1. The Morgan fingerprint density at radius 1 is 1.03 bits per heavy atom. The minimum absolute atomic E-state index is 0.00939. The summed E-state index contributed by atoms with van der Waals surface area (Å²) in [5.41, 5.74) is 3.68. The van der Waals surface area contributed by atoms with Gasteiger partial charge in [-0.1, -0.05) is 30.3 Å². The Hall–Kier alpha value is -3.41. The number of carbonyl (C=O) groups is 1. The highest BCUT2D eigenvalue weighted by Crippen LogP contribution is 2.29. The molecule has 2 aromatic carbocycles. The molecule has 0 N–H and O–H groups in total. The monoisotopic (exact) mass is 388 g/mol. The maximum Gasteiger partial charge on any atom is 0.254 e. The van der Waals surface area contributed by atoms with E-state index in [1.54, 1.807) is 19.2 Å². The highest BCUT2D eigenvalue weighted by Gasteiger charge is 2.27. The molecule has 0 unspecified atom stereocenters. The molecule has 0 radical (unpaired) electrons. The van der Waals surface area contributed by atoms with Crippen LogP contribution in [-0.2, 0) is 13.0 Å². The average molecular weight is 388 g/mol. The molecule has 1 aliphatic heterocycles. The summed E-state index contributed by atoms with van der Waals surface area (Å²) in [6.07, 6.45) is 0.709. The fraction of sp³-hybridized carbons (Fsp3) is 0.261. The van der Waals surface area contributed by atoms with Crippen molar-refractivity contribution in [3.05, 3.63) is 71.4 Å². The van der Waals surface area contributed by atoms with Crippen LogP contribution in [0.4, 0.5) is 5.82 Å². The SMILES string of the molecule is COc1ccc(C(=O)N2CCc3nc(-c4ccccc4)nc(N(C)C)c3C2)cc1. The second-order valence-corrected chi connectivity index (χ2v) is 7.26. The van der Waals surface area contributed by atoms with Crippen LogP contribution in [0.25, 0.3) is 11.4 Å². The van der Waals surface area contributed by atoms with Gasteiger partial charge >= 0.3 is 0 Å². The molecule has 1 amide bonds. The number of carbonyl (C=O) groups excluding carboxylic acids is 1. The van der Waals surface area contributed by atoms with Crippen molar-refractivity contribution in [2.75, 3.05) is 32.6 Å². The third-order valence-electron chi connectivity index (χ3n) is 5.12. The fourth-order valence-corrected chi connectivity index (χ4v) is 3.57. The van der Waals surface area contributed by atoms with Crippen LogP contribution < -0.4 is 9.64 Å². The van der Waals surface area contributed by atoms with E-state index in [4.69, 9.17) is 14.7 Å². The zero-order valence-corrected chi connectivity index (χ0v) is 16.9. The largest absolute Gasteiger partial charge is 0.497 e. The van der Waals surface area contributed by atoms with Gasteiger partial charge in [-0.2, -0.15) is 0 Å². The number of aromatic nitrogens is 2. The topological polar surface area (TPSA) is 58.6 Å². The van der Waals surface area contributed by atoms with Gasteiger partial charge in [0.1, 0.15) is 11.6 Å². The zero-order valence-electron chi connectivity index (χ0n) is 16.9. The minimum atomic E-state index is 0.00939. The van der Waals surface area contributed by atoms with E-state index in [0.717, 1.165) is 34.2 Å². The third kappa shape index (κ3) is 3.78. The molecule has 1 aromatic heterocycles. The Morgan fingerprint density at radius 2 is 1.76 bits per heavy atom. The van der Waals surface area contributed by atoms with Gasteiger partial charge in [0.2, 0.25) is 0 Å². The van der Waals surface area contributed by atoms with Gasteiger partial charge in [-0.15, -0.1) is 0 Å². The zero-order chi connectivity index (χ0) is 20.4. The number of ether oxygens (including phenoxy) is 1. The summed E-state index contributed by atoms with van der Waals surface area (Å²) in [6, 6.07) is 17.2. The minimum Gasteiger partial charge on any atom is -0.497 e. The van der Waals surface area contributed by atoms with Crippen LogP contribution in [0, 0.1) is 0 Å². The van der Waals surface area contributed by atoms with Crippen LogP contribution >= 0.6 is 0 Å². The lowest BCUT2D eigenvalue weighted by atomic mass is 10.0. The van der Waals surface area contributed by atoms with Crippen LogP contribution in [0.3, 0.4) is 0 Å². The van der Waals surface area contributed by atoms with Gasteiger partial charge in [0.25, 0.3) is 5.91 Å². The van der Waals surface area contributed by atoms with E-state index < -0.39 is 0 Å². The molecule has 0 bridgehead atoms. The molecule has 148 valence electrons. The van der Waals surface area contributed by atoms with Crippen molar-refractivity contribution >= 4 is 11.7 Å². The van der Waals surface area contributed by atoms with Gasteiger partial charge in [0, 0.05) is 43.8 Å². The number of nitrogens with zero attached hydrogens (tertiary/aromatic N) is 4. The molecule has 3 aromatic rings. The summed E-state index contributed by atoms with van der Waals surface area (Å²) in [7, 11) is 5.56. The highest BCUT2D eigenvalue weighted by atomic mass is 16.5. The summed E-state index contributed by atoms with van der Waals surface area (Å²) in [5, 5.41) is 0. The molecule has 1 aliphatic rings. The molecule has 2 heterocycles. The van der Waals surface area contributed by atoms with Gasteiger partial charge < -0.3 is 14.5 Å². The molecule has 0 aliphatic carbocycles. The summed E-state index contributed by atoms with van der Waals surface area (Å²) in [5.74, 6) is 2.33. The first-order chi connectivity index (χ1) is 14.1. The van der Waals surface area contributed by atoms with Gasteiger partial charge in [-0.25, -0.2) is 9.97 Å². The Balaban J connectivity index is 1.65. The first-order valence-electron chi connectivity index (χ1n) is 9.62. The van der Waals surface area contributed by atoms with Crippen molar-refractivity contribution in [1.82, 2.24) is 14.9 Å². The number of anilines is 1. The highest BCUT2D eigenvalue weighted by molar-refractivity contribution is 5.94. The Bertz CT molecular complexity index is 1020. The molecule has 0 atom stereocenters. The smallest absolute Gasteiger partial charge is 0.254 e. The van der Waals surface area contributed by atoms with Crippen LogP contribution in [0.1, 0.15) is 21.6 Å². The van der Waals surface area contributed by atoms with Crippen molar-refractivity contribution in [2.24, 2.45) is 0 Å². The lowest BCUT2D eigenvalue weighted by Gasteiger charge is -2.31. The van der Waals surface area contributed by atoms with Crippen LogP contribution in [0.5, 0.6) is 5.75 Å². The molecule has 6 nitrogen and oxygen atoms in total. The second-order valence-electron chi connectivity index (χ2n) is 7.26. The first-order valence-corrected chi connectivity index (χ1v) is 9.62. The molecular formula is C23H24N4O2. The first kappa shape index (κ1) is 18.9. The molecule has 29 heavy (non-hydrogen) atoms. The molecule has 0 saturated carbocycles. The van der Waals surface area contributed by atoms with Crippen molar-refractivity contribution in [2.45, 2.75) is 13.0 Å². The van der Waals surface area contributed by atoms with Gasteiger partial charge in [0.15, 0.2) is 5.82 Å². The Labute approximate surface area is 170 Å². The number of benzene rings is 2. The van der Waals surface area contributed by atoms with Crippen LogP contribution in [0.15, 0.2) is 54.6 Å². The van der Waals surface area contributed by atoms with E-state index in [-0.39, 0.29) is 5.91 Å². The molecule has 4 rings (SSSR count). The summed E-state index contributed by atoms with van der Waals surface area (Å²) < 4.78 is 5.18. The van der Waals surface area contributed by atoms with E-state index in [9.17, 15) is 4.79 Å². The molecule has 0 fully saturated rings. The lowest BCUT2D eigenvalue weighted by molar-refractivity contribution is 0.0733. The molecule has 6 heteroatoms. The van der Waals surface area contributed by atoms with Crippen molar-refractivity contribution in [3.8, 4) is 17.1 Å². The Kier molecular flexibility index (Phi) is 5.16. The van der Waals surface area contributed by atoms with E-state index in [0.29, 0.717) is 25.1 Å². The van der Waals surface area contributed by atoms with Crippen molar-refractivity contribution in [3.63, 3.8) is 0 Å². The van der Waals surface area contributed by atoms with E-state index >= 15 is 0 Å². The average Bonchev–Trinajstić information content (AvgIpc) is 2.78. The number of fused-ring (bicyclic) bond motifs is 1. The van der Waals surface area contributed by atoms with Gasteiger partial charge in [0.05, 0.1) is 19.3 Å². The molecule has 0 saturated heterocycles. The lowest BCUT2D eigenvalue weighted by Crippen LogP contribution is -2.37. The van der Waals surface area contributed by atoms with Gasteiger partial charge in [-0.3, -0.25) is 4.79 Å². The van der Waals surface area contributed by atoms with E-state index in [2.05, 4.69) is 0 Å². The van der Waals surface area contributed by atoms with Crippen LogP contribution in [0.2, 0.25) is 0 Å². The third-order valence-corrected chi connectivity index (χ3v) is 5.12. The predicted molar refractivity (Wildman–Crippen MR) is 113 cm³/mol. The normalized spacial score (nSPS) is 13.0. The van der Waals surface area contributed by atoms with E-state index in [1.165, 1.54) is 0 Å².